The highest BCUT2D eigenvalue weighted by Crippen LogP contribution is 2.28. The van der Waals surface area contributed by atoms with Gasteiger partial charge in [-0.3, -0.25) is 4.98 Å². The fraction of sp³-hybridized carbons (Fsp3) is 0.550. The van der Waals surface area contributed by atoms with Crippen LogP contribution in [0.1, 0.15) is 46.5 Å². The van der Waals surface area contributed by atoms with Crippen molar-refractivity contribution in [2.75, 3.05) is 11.9 Å². The van der Waals surface area contributed by atoms with E-state index in [9.17, 15) is 8.42 Å². The van der Waals surface area contributed by atoms with Crippen LogP contribution in [0.4, 0.5) is 5.69 Å². The first-order valence-corrected chi connectivity index (χ1v) is 10.8. The summed E-state index contributed by atoms with van der Waals surface area (Å²) in [6.45, 7) is 6.13. The molecule has 2 aromatic rings. The Bertz CT molecular complexity index is 845. The van der Waals surface area contributed by atoms with Gasteiger partial charge in [-0.15, -0.1) is 0 Å². The number of anilines is 1. The summed E-state index contributed by atoms with van der Waals surface area (Å²) in [5.74, 6) is 0.567. The van der Waals surface area contributed by atoms with Gasteiger partial charge in [0.2, 0.25) is 10.0 Å². The van der Waals surface area contributed by atoms with E-state index in [2.05, 4.69) is 27.2 Å². The van der Waals surface area contributed by atoms with Gasteiger partial charge in [-0.05, 0) is 76.6 Å². The lowest BCUT2D eigenvalue weighted by atomic mass is 9.86. The number of hydrogen-bond acceptors (Lipinski definition) is 4. The Labute approximate surface area is 156 Å². The summed E-state index contributed by atoms with van der Waals surface area (Å²) in [6, 6.07) is 10.2. The molecule has 2 N–H and O–H groups in total. The fourth-order valence-electron chi connectivity index (χ4n) is 3.39. The van der Waals surface area contributed by atoms with Crippen molar-refractivity contribution in [1.82, 2.24) is 9.71 Å². The Morgan fingerprint density at radius 2 is 1.81 bits per heavy atom. The highest BCUT2D eigenvalue weighted by Gasteiger charge is 2.32. The summed E-state index contributed by atoms with van der Waals surface area (Å²) < 4.78 is 26.8. The van der Waals surface area contributed by atoms with E-state index in [1.165, 1.54) is 0 Å². The van der Waals surface area contributed by atoms with Crippen LogP contribution in [0.5, 0.6) is 0 Å². The highest BCUT2D eigenvalue weighted by atomic mass is 32.2. The number of nitrogens with zero attached hydrogens (tertiary/aromatic N) is 1. The second kappa shape index (κ2) is 7.53. The molecule has 0 bridgehead atoms. The molecule has 0 amide bonds. The zero-order valence-electron chi connectivity index (χ0n) is 15.8. The third-order valence-corrected chi connectivity index (χ3v) is 7.46. The van der Waals surface area contributed by atoms with E-state index in [1.807, 2.05) is 24.4 Å². The second-order valence-electron chi connectivity index (χ2n) is 8.21. The molecule has 1 saturated carbocycles. The first-order valence-electron chi connectivity index (χ1n) is 9.36. The van der Waals surface area contributed by atoms with Crippen LogP contribution < -0.4 is 10.0 Å². The molecule has 0 saturated heterocycles. The molecule has 3 rings (SSSR count). The lowest BCUT2D eigenvalue weighted by molar-refractivity contribution is 0.322. The van der Waals surface area contributed by atoms with Crippen LogP contribution in [-0.4, -0.2) is 30.7 Å². The van der Waals surface area contributed by atoms with Gasteiger partial charge in [-0.1, -0.05) is 6.07 Å². The van der Waals surface area contributed by atoms with Gasteiger partial charge < -0.3 is 5.32 Å². The summed E-state index contributed by atoms with van der Waals surface area (Å²) in [5.41, 5.74) is 2.11. The topological polar surface area (TPSA) is 71.1 Å². The molecule has 1 aliphatic rings. The minimum absolute atomic E-state index is 0.0669. The van der Waals surface area contributed by atoms with E-state index in [0.717, 1.165) is 48.8 Å². The maximum absolute atomic E-state index is 12.3. The number of fused-ring (bicyclic) bond motifs is 1. The normalized spacial score (nSPS) is 21.7. The average molecular weight is 376 g/mol. The molecule has 6 heteroatoms. The minimum atomic E-state index is -3.27. The van der Waals surface area contributed by atoms with E-state index in [-0.39, 0.29) is 6.04 Å². The standard InChI is InChI=1S/C20H29N3O2S/c1-20(2,3)26(24,25)23-16-11-9-15(10-12-16)14-22-19-8-4-7-18-17(19)6-5-13-21-18/h4-8,13,15-16,22-23H,9-12,14H2,1-3H3. The maximum atomic E-state index is 12.3. The molecular formula is C20H29N3O2S. The van der Waals surface area contributed by atoms with Crippen LogP contribution in [0.25, 0.3) is 10.9 Å². The SMILES string of the molecule is CC(C)(C)S(=O)(=O)NC1CCC(CNc2cccc3ncccc23)CC1. The average Bonchev–Trinajstić information content (AvgIpc) is 2.60. The van der Waals surface area contributed by atoms with E-state index < -0.39 is 14.8 Å². The molecule has 0 atom stereocenters. The van der Waals surface area contributed by atoms with Crippen LogP contribution in [0.3, 0.4) is 0 Å². The predicted octanol–water partition coefficient (Wildman–Crippen LogP) is 3.92. The van der Waals surface area contributed by atoms with Crippen LogP contribution in [0.15, 0.2) is 36.5 Å². The Hall–Kier alpha value is -1.66. The first-order chi connectivity index (χ1) is 12.3. The van der Waals surface area contributed by atoms with E-state index in [0.29, 0.717) is 5.92 Å². The van der Waals surface area contributed by atoms with Gasteiger partial charge in [-0.25, -0.2) is 13.1 Å². The van der Waals surface area contributed by atoms with Crippen LogP contribution in [0.2, 0.25) is 0 Å². The molecule has 1 aromatic heterocycles. The largest absolute Gasteiger partial charge is 0.384 e. The molecule has 0 spiro atoms. The summed E-state index contributed by atoms with van der Waals surface area (Å²) in [4.78, 5) is 4.40. The molecule has 1 heterocycles. The summed E-state index contributed by atoms with van der Waals surface area (Å²) in [5, 5.41) is 4.71. The van der Waals surface area contributed by atoms with Crippen LogP contribution in [0, 0.1) is 5.92 Å². The Morgan fingerprint density at radius 3 is 2.50 bits per heavy atom. The Balaban J connectivity index is 1.53. The molecule has 0 radical (unpaired) electrons. The number of rotatable bonds is 5. The van der Waals surface area contributed by atoms with Gasteiger partial charge in [0.1, 0.15) is 0 Å². The third-order valence-electron chi connectivity index (χ3n) is 5.20. The smallest absolute Gasteiger partial charge is 0.216 e. The second-order valence-corrected chi connectivity index (χ2v) is 10.7. The molecule has 0 unspecified atom stereocenters. The first kappa shape index (κ1) is 19.1. The predicted molar refractivity (Wildman–Crippen MR) is 108 cm³/mol. The lowest BCUT2D eigenvalue weighted by Crippen LogP contribution is -2.46. The van der Waals surface area contributed by atoms with E-state index in [4.69, 9.17) is 0 Å². The maximum Gasteiger partial charge on any atom is 0.216 e. The number of sulfonamides is 1. The summed E-state index contributed by atoms with van der Waals surface area (Å²) in [7, 11) is -3.27. The monoisotopic (exact) mass is 375 g/mol. The van der Waals surface area contributed by atoms with Gasteiger partial charge in [0.05, 0.1) is 10.3 Å². The molecular weight excluding hydrogens is 346 g/mol. The van der Waals surface area contributed by atoms with Gasteiger partial charge >= 0.3 is 0 Å². The summed E-state index contributed by atoms with van der Waals surface area (Å²) in [6.07, 6.45) is 5.68. The number of aromatic nitrogens is 1. The third kappa shape index (κ3) is 4.35. The fourth-order valence-corrected chi connectivity index (χ4v) is 4.42. The molecule has 1 aromatic carbocycles. The Kier molecular flexibility index (Phi) is 5.53. The molecule has 26 heavy (non-hydrogen) atoms. The number of nitrogens with one attached hydrogen (secondary N) is 2. The number of hydrogen-bond donors (Lipinski definition) is 2. The van der Waals surface area contributed by atoms with Crippen molar-refractivity contribution in [3.63, 3.8) is 0 Å². The van der Waals surface area contributed by atoms with Crippen molar-refractivity contribution in [1.29, 1.82) is 0 Å². The molecule has 142 valence electrons. The number of pyridine rings is 1. The zero-order chi connectivity index (χ0) is 18.8. The van der Waals surface area contributed by atoms with Gasteiger partial charge in [0, 0.05) is 29.9 Å². The van der Waals surface area contributed by atoms with Crippen molar-refractivity contribution in [2.45, 2.75) is 57.2 Å². The van der Waals surface area contributed by atoms with Crippen molar-refractivity contribution in [2.24, 2.45) is 5.92 Å². The Morgan fingerprint density at radius 1 is 1.08 bits per heavy atom. The van der Waals surface area contributed by atoms with E-state index in [1.54, 1.807) is 20.8 Å². The van der Waals surface area contributed by atoms with Gasteiger partial charge in [0.15, 0.2) is 0 Å². The zero-order valence-corrected chi connectivity index (χ0v) is 16.6. The van der Waals surface area contributed by atoms with E-state index >= 15 is 0 Å². The molecule has 1 fully saturated rings. The van der Waals surface area contributed by atoms with Crippen LogP contribution in [-0.2, 0) is 10.0 Å². The molecule has 1 aliphatic carbocycles. The van der Waals surface area contributed by atoms with Gasteiger partial charge in [-0.2, -0.15) is 0 Å². The minimum Gasteiger partial charge on any atom is -0.384 e. The van der Waals surface area contributed by atoms with Crippen molar-refractivity contribution < 1.29 is 8.42 Å². The quantitative estimate of drug-likeness (QED) is 0.831. The van der Waals surface area contributed by atoms with Gasteiger partial charge in [0.25, 0.3) is 0 Å². The van der Waals surface area contributed by atoms with Crippen molar-refractivity contribution in [3.8, 4) is 0 Å². The molecule has 5 nitrogen and oxygen atoms in total. The molecule has 0 aliphatic heterocycles. The number of benzene rings is 1. The van der Waals surface area contributed by atoms with Crippen molar-refractivity contribution in [3.05, 3.63) is 36.5 Å². The highest BCUT2D eigenvalue weighted by molar-refractivity contribution is 7.90. The van der Waals surface area contributed by atoms with Crippen molar-refractivity contribution >= 4 is 26.6 Å². The summed E-state index contributed by atoms with van der Waals surface area (Å²) >= 11 is 0. The lowest BCUT2D eigenvalue weighted by Gasteiger charge is -2.31. The van der Waals surface area contributed by atoms with Crippen LogP contribution >= 0.6 is 0 Å².